The Morgan fingerprint density at radius 3 is 2.80 bits per heavy atom. The second-order valence-corrected chi connectivity index (χ2v) is 6.64. The molecule has 1 aliphatic heterocycles. The van der Waals surface area contributed by atoms with Crippen LogP contribution in [0.5, 0.6) is 0 Å². The van der Waals surface area contributed by atoms with Gasteiger partial charge >= 0.3 is 5.97 Å². The molecule has 0 amide bonds. The lowest BCUT2D eigenvalue weighted by Gasteiger charge is -2.21. The van der Waals surface area contributed by atoms with E-state index >= 15 is 0 Å². The molecule has 8 heteroatoms. The van der Waals surface area contributed by atoms with Gasteiger partial charge in [0, 0.05) is 6.54 Å². The Balaban J connectivity index is 2.51. The van der Waals surface area contributed by atoms with Crippen LogP contribution in [0.4, 0.5) is 0 Å². The fraction of sp³-hybridized carbons (Fsp3) is 0.333. The molecule has 106 valence electrons. The van der Waals surface area contributed by atoms with Gasteiger partial charge in [-0.05, 0) is 31.0 Å². The predicted octanol–water partition coefficient (Wildman–Crippen LogP) is 1.45. The molecule has 1 aromatic carbocycles. The summed E-state index contributed by atoms with van der Waals surface area (Å²) in [6.07, 6.45) is 0.746. The maximum Gasteiger partial charge on any atom is 0.322 e. The molecule has 1 atom stereocenters. The van der Waals surface area contributed by atoms with Crippen LogP contribution in [-0.2, 0) is 14.8 Å². The highest BCUT2D eigenvalue weighted by molar-refractivity contribution is 7.89. The van der Waals surface area contributed by atoms with Crippen LogP contribution in [0.3, 0.4) is 0 Å². The van der Waals surface area contributed by atoms with Gasteiger partial charge in [-0.1, -0.05) is 11.6 Å². The minimum Gasteiger partial charge on any atom is -0.480 e. The summed E-state index contributed by atoms with van der Waals surface area (Å²) in [4.78, 5) is 10.9. The van der Waals surface area contributed by atoms with E-state index in [9.17, 15) is 13.2 Å². The van der Waals surface area contributed by atoms with E-state index in [2.05, 4.69) is 0 Å². The van der Waals surface area contributed by atoms with Crippen molar-refractivity contribution in [3.05, 3.63) is 28.8 Å². The second kappa shape index (κ2) is 5.40. The third-order valence-corrected chi connectivity index (χ3v) is 5.53. The Morgan fingerprint density at radius 2 is 2.20 bits per heavy atom. The fourth-order valence-electron chi connectivity index (χ4n) is 2.17. The summed E-state index contributed by atoms with van der Waals surface area (Å²) in [5.74, 6) is -1.18. The molecule has 0 aromatic heterocycles. The highest BCUT2D eigenvalue weighted by Crippen LogP contribution is 2.30. The highest BCUT2D eigenvalue weighted by atomic mass is 35.5. The van der Waals surface area contributed by atoms with Crippen LogP contribution in [0.2, 0.25) is 5.02 Å². The highest BCUT2D eigenvalue weighted by Gasteiger charge is 2.40. The van der Waals surface area contributed by atoms with Crippen molar-refractivity contribution in [2.24, 2.45) is 0 Å². The van der Waals surface area contributed by atoms with Gasteiger partial charge < -0.3 is 5.11 Å². The smallest absolute Gasteiger partial charge is 0.322 e. The zero-order valence-corrected chi connectivity index (χ0v) is 11.9. The van der Waals surface area contributed by atoms with E-state index in [0.29, 0.717) is 6.42 Å². The molecule has 1 aliphatic rings. The summed E-state index contributed by atoms with van der Waals surface area (Å²) in [5.41, 5.74) is 0.152. The molecule has 1 unspecified atom stereocenters. The van der Waals surface area contributed by atoms with Crippen molar-refractivity contribution in [3.8, 4) is 6.07 Å². The average Bonchev–Trinajstić information content (AvgIpc) is 2.89. The lowest BCUT2D eigenvalue weighted by molar-refractivity contribution is -0.140. The van der Waals surface area contributed by atoms with Crippen LogP contribution in [0, 0.1) is 11.3 Å². The van der Waals surface area contributed by atoms with Crippen molar-refractivity contribution < 1.29 is 18.3 Å². The number of carboxylic acid groups (broad SMARTS) is 1. The van der Waals surface area contributed by atoms with Gasteiger partial charge in [0.05, 0.1) is 16.7 Å². The van der Waals surface area contributed by atoms with Crippen LogP contribution >= 0.6 is 11.6 Å². The Labute approximate surface area is 121 Å². The first-order valence-corrected chi connectivity index (χ1v) is 7.64. The van der Waals surface area contributed by atoms with Crippen LogP contribution in [0.25, 0.3) is 0 Å². The molecule has 1 aromatic rings. The molecule has 1 saturated heterocycles. The number of rotatable bonds is 3. The van der Waals surface area contributed by atoms with Crippen molar-refractivity contribution in [1.82, 2.24) is 4.31 Å². The Hall–Kier alpha value is -1.62. The van der Waals surface area contributed by atoms with Gasteiger partial charge in [0.1, 0.15) is 10.9 Å². The maximum absolute atomic E-state index is 12.5. The number of nitriles is 1. The van der Waals surface area contributed by atoms with Gasteiger partial charge in [-0.25, -0.2) is 8.42 Å². The number of hydrogen-bond donors (Lipinski definition) is 1. The van der Waals surface area contributed by atoms with Crippen molar-refractivity contribution in [2.75, 3.05) is 6.54 Å². The average molecular weight is 315 g/mol. The van der Waals surface area contributed by atoms with E-state index in [1.165, 1.54) is 12.1 Å². The van der Waals surface area contributed by atoms with Gasteiger partial charge in [0.15, 0.2) is 0 Å². The molecule has 0 aliphatic carbocycles. The molecule has 0 saturated carbocycles. The molecule has 20 heavy (non-hydrogen) atoms. The van der Waals surface area contributed by atoms with Crippen molar-refractivity contribution in [1.29, 1.82) is 5.26 Å². The Kier molecular flexibility index (Phi) is 3.99. The van der Waals surface area contributed by atoms with E-state index in [1.807, 2.05) is 6.07 Å². The fourth-order valence-corrected chi connectivity index (χ4v) is 4.32. The lowest BCUT2D eigenvalue weighted by Crippen LogP contribution is -2.40. The molecule has 2 rings (SSSR count). The summed E-state index contributed by atoms with van der Waals surface area (Å²) in [6, 6.07) is 4.63. The number of hydrogen-bond acceptors (Lipinski definition) is 4. The number of nitrogens with zero attached hydrogens (tertiary/aromatic N) is 2. The molecule has 6 nitrogen and oxygen atoms in total. The normalized spacial score (nSPS) is 19.7. The van der Waals surface area contributed by atoms with Crippen LogP contribution in [-0.4, -0.2) is 36.4 Å². The maximum atomic E-state index is 12.5. The first-order valence-electron chi connectivity index (χ1n) is 5.82. The molecule has 0 spiro atoms. The van der Waals surface area contributed by atoms with E-state index in [1.54, 1.807) is 0 Å². The number of aliphatic carboxylic acids is 1. The zero-order chi connectivity index (χ0) is 14.9. The number of carboxylic acids is 1. The van der Waals surface area contributed by atoms with Crippen LogP contribution in [0.1, 0.15) is 18.4 Å². The van der Waals surface area contributed by atoms with Crippen molar-refractivity contribution in [2.45, 2.75) is 23.8 Å². The summed E-state index contributed by atoms with van der Waals surface area (Å²) in [6.45, 7) is 0.131. The number of carbonyl (C=O) groups is 1. The number of sulfonamides is 1. The Morgan fingerprint density at radius 1 is 1.50 bits per heavy atom. The summed E-state index contributed by atoms with van der Waals surface area (Å²) in [7, 11) is -4.03. The molecule has 0 bridgehead atoms. The largest absolute Gasteiger partial charge is 0.480 e. The van der Waals surface area contributed by atoms with Crippen molar-refractivity contribution in [3.63, 3.8) is 0 Å². The first-order chi connectivity index (χ1) is 9.37. The molecular formula is C12H11ClN2O4S. The van der Waals surface area contributed by atoms with Gasteiger partial charge in [-0.2, -0.15) is 9.57 Å². The minimum atomic E-state index is -4.03. The van der Waals surface area contributed by atoms with E-state index < -0.39 is 22.0 Å². The molecular weight excluding hydrogens is 304 g/mol. The monoisotopic (exact) mass is 314 g/mol. The van der Waals surface area contributed by atoms with Crippen LogP contribution < -0.4 is 0 Å². The second-order valence-electron chi connectivity index (χ2n) is 4.37. The van der Waals surface area contributed by atoms with Gasteiger partial charge in [-0.15, -0.1) is 0 Å². The van der Waals surface area contributed by atoms with Gasteiger partial charge in [-0.3, -0.25) is 4.79 Å². The summed E-state index contributed by atoms with van der Waals surface area (Å²) < 4.78 is 25.9. The standard InChI is InChI=1S/C12H11ClN2O4S/c13-9-4-3-8(7-14)6-11(9)20(18,19)15-5-1-2-10(15)12(16)17/h3-4,6,10H,1-2,5H2,(H,16,17). The van der Waals surface area contributed by atoms with E-state index in [4.69, 9.17) is 22.0 Å². The van der Waals surface area contributed by atoms with Crippen molar-refractivity contribution >= 4 is 27.6 Å². The summed E-state index contributed by atoms with van der Waals surface area (Å²) in [5, 5.41) is 17.9. The summed E-state index contributed by atoms with van der Waals surface area (Å²) >= 11 is 5.88. The third-order valence-electron chi connectivity index (χ3n) is 3.14. The van der Waals surface area contributed by atoms with Crippen LogP contribution in [0.15, 0.2) is 23.1 Å². The zero-order valence-electron chi connectivity index (χ0n) is 10.3. The third kappa shape index (κ3) is 2.50. The molecule has 1 fully saturated rings. The van der Waals surface area contributed by atoms with Gasteiger partial charge in [0.2, 0.25) is 10.0 Å². The number of benzene rings is 1. The molecule has 1 heterocycles. The predicted molar refractivity (Wildman–Crippen MR) is 70.7 cm³/mol. The number of halogens is 1. The topological polar surface area (TPSA) is 98.5 Å². The lowest BCUT2D eigenvalue weighted by atomic mass is 10.2. The molecule has 1 N–H and O–H groups in total. The Bertz CT molecular complexity index is 696. The van der Waals surface area contributed by atoms with E-state index in [-0.39, 0.29) is 28.4 Å². The van der Waals surface area contributed by atoms with E-state index in [0.717, 1.165) is 10.4 Å². The SMILES string of the molecule is N#Cc1ccc(Cl)c(S(=O)(=O)N2CCCC2C(=O)O)c1. The molecule has 0 radical (unpaired) electrons. The quantitative estimate of drug-likeness (QED) is 0.910. The first kappa shape index (κ1) is 14.8. The minimum absolute atomic E-state index is 0.0277. The van der Waals surface area contributed by atoms with Gasteiger partial charge in [0.25, 0.3) is 0 Å².